The fourth-order valence-corrected chi connectivity index (χ4v) is 3.84. The van der Waals surface area contributed by atoms with E-state index in [0.717, 1.165) is 6.92 Å². The van der Waals surface area contributed by atoms with E-state index < -0.39 is 83.9 Å². The number of benzene rings is 1. The Morgan fingerprint density at radius 2 is 1.71 bits per heavy atom. The van der Waals surface area contributed by atoms with E-state index in [9.17, 15) is 49.5 Å². The molecule has 1 saturated heterocycles. The topological polar surface area (TPSA) is 96.3 Å². The summed E-state index contributed by atoms with van der Waals surface area (Å²) in [7, 11) is 0. The normalized spacial score (nSPS) is 17.3. The van der Waals surface area contributed by atoms with Gasteiger partial charge >= 0.3 is 18.0 Å². The molecule has 1 atom stereocenters. The number of anilines is 1. The van der Waals surface area contributed by atoms with Gasteiger partial charge in [0.1, 0.15) is 11.5 Å². The van der Waals surface area contributed by atoms with Crippen molar-refractivity contribution in [2.24, 2.45) is 0 Å². The summed E-state index contributed by atoms with van der Waals surface area (Å²) < 4.78 is 111. The molecule has 8 nitrogen and oxygen atoms in total. The van der Waals surface area contributed by atoms with Crippen molar-refractivity contribution < 1.29 is 49.5 Å². The van der Waals surface area contributed by atoms with Crippen LogP contribution >= 0.6 is 0 Å². The summed E-state index contributed by atoms with van der Waals surface area (Å²) in [6, 6.07) is 1.82. The van der Waals surface area contributed by atoms with Gasteiger partial charge in [-0.25, -0.2) is 4.39 Å². The Kier molecular flexibility index (Phi) is 7.75. The zero-order valence-corrected chi connectivity index (χ0v) is 19.8. The molecule has 2 N–H and O–H groups in total. The average molecular weight is 555 g/mol. The minimum Gasteiger partial charge on any atom is -0.342 e. The van der Waals surface area contributed by atoms with E-state index in [1.165, 1.54) is 16.9 Å². The van der Waals surface area contributed by atoms with Crippen LogP contribution in [0.1, 0.15) is 41.4 Å². The lowest BCUT2D eigenvalue weighted by Crippen LogP contribution is -2.38. The number of likely N-dealkylation sites (tertiary alicyclic amines) is 1. The lowest BCUT2D eigenvalue weighted by molar-refractivity contribution is -0.172. The third-order valence-electron chi connectivity index (χ3n) is 5.84. The number of amides is 3. The highest BCUT2D eigenvalue weighted by molar-refractivity contribution is 5.98. The largest absolute Gasteiger partial charge is 0.416 e. The van der Waals surface area contributed by atoms with Crippen LogP contribution < -0.4 is 10.6 Å². The highest BCUT2D eigenvalue weighted by Gasteiger charge is 2.64. The van der Waals surface area contributed by atoms with Crippen LogP contribution in [0, 0.1) is 5.82 Å². The number of nitrogens with one attached hydrogen (secondary N) is 2. The van der Waals surface area contributed by atoms with Crippen LogP contribution in [0.4, 0.5) is 40.8 Å². The summed E-state index contributed by atoms with van der Waals surface area (Å²) in [5, 5.41) is 7.95. The maximum absolute atomic E-state index is 14.7. The van der Waals surface area contributed by atoms with Crippen molar-refractivity contribution in [1.29, 1.82) is 0 Å². The monoisotopic (exact) mass is 555 g/mol. The number of carbonyl (C=O) groups is 3. The van der Waals surface area contributed by atoms with Crippen LogP contribution in [0.25, 0.3) is 0 Å². The number of aryl methyl sites for hydroxylation is 1. The Balaban J connectivity index is 1.79. The Hall–Kier alpha value is -3.72. The third kappa shape index (κ3) is 5.72. The molecule has 208 valence electrons. The minimum absolute atomic E-state index is 0.0194. The van der Waals surface area contributed by atoms with Gasteiger partial charge in [0.05, 0.1) is 36.8 Å². The van der Waals surface area contributed by atoms with Crippen molar-refractivity contribution in [3.05, 3.63) is 47.0 Å². The maximum Gasteiger partial charge on any atom is 0.416 e. The average Bonchev–Trinajstić information content (AvgIpc) is 3.38. The number of hydrogen-bond donors (Lipinski definition) is 2. The first-order chi connectivity index (χ1) is 17.5. The van der Waals surface area contributed by atoms with Crippen molar-refractivity contribution in [2.45, 2.75) is 44.3 Å². The summed E-state index contributed by atoms with van der Waals surface area (Å²) in [5.74, 6) is -15.8. The minimum atomic E-state index is -5.21. The second-order valence-corrected chi connectivity index (χ2v) is 8.51. The van der Waals surface area contributed by atoms with Gasteiger partial charge < -0.3 is 15.5 Å². The fraction of sp³-hybridized carbons (Fsp3) is 0.455. The number of carbonyl (C=O) groups excluding carboxylic acids is 3. The van der Waals surface area contributed by atoms with Crippen LogP contribution in [-0.4, -0.2) is 63.9 Å². The lowest BCUT2D eigenvalue weighted by Gasteiger charge is -2.23. The van der Waals surface area contributed by atoms with E-state index in [0.29, 0.717) is 6.54 Å². The summed E-state index contributed by atoms with van der Waals surface area (Å²) in [5.41, 5.74) is -3.44. The van der Waals surface area contributed by atoms with E-state index in [1.54, 1.807) is 6.92 Å². The van der Waals surface area contributed by atoms with Crippen LogP contribution in [-0.2, 0) is 22.3 Å². The van der Waals surface area contributed by atoms with Crippen molar-refractivity contribution >= 4 is 23.4 Å². The number of alkyl halides is 7. The molecule has 38 heavy (non-hydrogen) atoms. The van der Waals surface area contributed by atoms with Gasteiger partial charge in [0.15, 0.2) is 0 Å². The first-order valence-electron chi connectivity index (χ1n) is 11.0. The number of aromatic nitrogens is 2. The number of nitrogens with zero attached hydrogens (tertiary/aromatic N) is 3. The number of rotatable bonds is 7. The molecule has 1 unspecified atom stereocenters. The van der Waals surface area contributed by atoms with Gasteiger partial charge in [-0.3, -0.25) is 19.1 Å². The summed E-state index contributed by atoms with van der Waals surface area (Å²) in [6.07, 6.45) is -3.87. The molecule has 0 bridgehead atoms. The smallest absolute Gasteiger partial charge is 0.342 e. The van der Waals surface area contributed by atoms with Crippen LogP contribution in [0.3, 0.4) is 0 Å². The molecule has 3 rings (SSSR count). The zero-order chi connectivity index (χ0) is 28.6. The van der Waals surface area contributed by atoms with Crippen LogP contribution in [0.5, 0.6) is 0 Å². The first kappa shape index (κ1) is 28.8. The Morgan fingerprint density at radius 1 is 1.11 bits per heavy atom. The molecule has 1 aromatic heterocycles. The Labute approximate surface area is 210 Å². The molecular weight excluding hydrogens is 534 g/mol. The second kappa shape index (κ2) is 10.2. The molecule has 16 heteroatoms. The molecule has 0 saturated carbocycles. The molecule has 2 aromatic rings. The van der Waals surface area contributed by atoms with Crippen LogP contribution in [0.15, 0.2) is 24.4 Å². The van der Waals surface area contributed by atoms with Crippen molar-refractivity contribution in [1.82, 2.24) is 20.0 Å². The molecule has 2 heterocycles. The Morgan fingerprint density at radius 3 is 2.26 bits per heavy atom. The molecule has 1 aromatic carbocycles. The van der Waals surface area contributed by atoms with Gasteiger partial charge in [0.25, 0.3) is 5.91 Å². The summed E-state index contributed by atoms with van der Waals surface area (Å²) in [6.45, 7) is -1.31. The predicted octanol–water partition coefficient (Wildman–Crippen LogP) is 3.65. The van der Waals surface area contributed by atoms with Gasteiger partial charge in [0.2, 0.25) is 11.8 Å². The summed E-state index contributed by atoms with van der Waals surface area (Å²) >= 11 is 0. The van der Waals surface area contributed by atoms with Crippen molar-refractivity contribution in [2.75, 3.05) is 25.0 Å². The van der Waals surface area contributed by atoms with E-state index >= 15 is 0 Å². The molecule has 0 radical (unpaired) electrons. The van der Waals surface area contributed by atoms with Gasteiger partial charge in [0, 0.05) is 12.7 Å². The first-order valence-corrected chi connectivity index (χ1v) is 11.0. The van der Waals surface area contributed by atoms with Gasteiger partial charge in [-0.1, -0.05) is 0 Å². The van der Waals surface area contributed by atoms with E-state index in [1.807, 2.05) is 5.32 Å². The maximum atomic E-state index is 14.7. The standard InChI is InChI=1S/C22H21F8N5O3/c1-3-35-16(4-5-32-35)18(37)31-8-17(36)33-15-7-13(22(28,29)30)12(6-14(15)23)11(2)19(38)34-9-20(24,25)21(26,27)10-34/h4-7,11H,3,8-10H2,1-2H3,(H,31,37)(H,33,36). The Bertz CT molecular complexity index is 1230. The molecular formula is C22H21F8N5O3. The van der Waals surface area contributed by atoms with E-state index in [4.69, 9.17) is 0 Å². The van der Waals surface area contributed by atoms with E-state index in [-0.39, 0.29) is 22.7 Å². The van der Waals surface area contributed by atoms with Gasteiger partial charge in [-0.05, 0) is 37.6 Å². The quantitative estimate of drug-likeness (QED) is 0.510. The second-order valence-electron chi connectivity index (χ2n) is 8.51. The number of halogens is 8. The summed E-state index contributed by atoms with van der Waals surface area (Å²) in [4.78, 5) is 36.9. The number of hydrogen-bond acceptors (Lipinski definition) is 4. The third-order valence-corrected chi connectivity index (χ3v) is 5.84. The molecule has 0 aliphatic carbocycles. The van der Waals surface area contributed by atoms with Gasteiger partial charge in [-0.2, -0.15) is 35.8 Å². The zero-order valence-electron chi connectivity index (χ0n) is 19.8. The fourth-order valence-electron chi connectivity index (χ4n) is 3.84. The highest BCUT2D eigenvalue weighted by atomic mass is 19.4. The molecule has 0 spiro atoms. The highest BCUT2D eigenvalue weighted by Crippen LogP contribution is 2.43. The predicted molar refractivity (Wildman–Crippen MR) is 115 cm³/mol. The van der Waals surface area contributed by atoms with Crippen molar-refractivity contribution in [3.8, 4) is 0 Å². The van der Waals surface area contributed by atoms with E-state index in [2.05, 4.69) is 10.4 Å². The van der Waals surface area contributed by atoms with Crippen LogP contribution in [0.2, 0.25) is 0 Å². The molecule has 3 amide bonds. The lowest BCUT2D eigenvalue weighted by atomic mass is 9.93. The molecule has 1 aliphatic rings. The van der Waals surface area contributed by atoms with Crippen molar-refractivity contribution in [3.63, 3.8) is 0 Å². The molecule has 1 aliphatic heterocycles. The van der Waals surface area contributed by atoms with Gasteiger partial charge in [-0.15, -0.1) is 0 Å². The SMILES string of the molecule is CCn1nccc1C(=O)NCC(=O)Nc1cc(C(F)(F)F)c(C(C)C(=O)N2CC(F)(F)C(F)(F)C2)cc1F. The molecule has 1 fully saturated rings.